The van der Waals surface area contributed by atoms with Crippen molar-refractivity contribution in [2.24, 2.45) is 0 Å². The summed E-state index contributed by atoms with van der Waals surface area (Å²) in [5.41, 5.74) is 0.925. The molecule has 2 heterocycles. The monoisotopic (exact) mass is 269 g/mol. The van der Waals surface area contributed by atoms with Crippen LogP contribution in [0.2, 0.25) is 0 Å². The molecule has 100 valence electrons. The van der Waals surface area contributed by atoms with Crippen molar-refractivity contribution < 1.29 is 4.74 Å². The summed E-state index contributed by atoms with van der Waals surface area (Å²) in [5, 5.41) is 0. The maximum atomic E-state index is 6.08. The van der Waals surface area contributed by atoms with Gasteiger partial charge in [-0.1, -0.05) is 12.8 Å². The highest BCUT2D eigenvalue weighted by Gasteiger charge is 2.23. The fraction of sp³-hybridized carbons (Fsp3) is 0.692. The van der Waals surface area contributed by atoms with Crippen molar-refractivity contribution in [1.29, 1.82) is 0 Å². The number of methoxy groups -OCH3 is 1. The Balaban J connectivity index is 2.29. The van der Waals surface area contributed by atoms with Crippen LogP contribution in [0.3, 0.4) is 0 Å². The van der Waals surface area contributed by atoms with Gasteiger partial charge >= 0.3 is 0 Å². The SMILES string of the molecule is COc1cc(C)nc(N2CCCCCC2CCl)n1. The smallest absolute Gasteiger partial charge is 0.229 e. The molecule has 0 saturated carbocycles. The maximum Gasteiger partial charge on any atom is 0.229 e. The number of hydrogen-bond donors (Lipinski definition) is 0. The van der Waals surface area contributed by atoms with Gasteiger partial charge in [0.05, 0.1) is 7.11 Å². The molecule has 1 aliphatic rings. The largest absolute Gasteiger partial charge is 0.481 e. The normalized spacial score (nSPS) is 20.6. The van der Waals surface area contributed by atoms with E-state index in [1.54, 1.807) is 7.11 Å². The van der Waals surface area contributed by atoms with Gasteiger partial charge in [0.15, 0.2) is 0 Å². The predicted octanol–water partition coefficient (Wildman–Crippen LogP) is 2.78. The topological polar surface area (TPSA) is 38.2 Å². The molecule has 1 atom stereocenters. The van der Waals surface area contributed by atoms with Crippen LogP contribution in [0.1, 0.15) is 31.4 Å². The fourth-order valence-electron chi connectivity index (χ4n) is 2.36. The van der Waals surface area contributed by atoms with Crippen LogP contribution < -0.4 is 9.64 Å². The Morgan fingerprint density at radius 3 is 2.94 bits per heavy atom. The average Bonchev–Trinajstić information content (AvgIpc) is 2.62. The number of aromatic nitrogens is 2. The molecule has 1 unspecified atom stereocenters. The summed E-state index contributed by atoms with van der Waals surface area (Å²) < 4.78 is 5.22. The molecule has 0 spiro atoms. The first kappa shape index (κ1) is 13.4. The Kier molecular flexibility index (Phi) is 4.64. The molecule has 18 heavy (non-hydrogen) atoms. The zero-order chi connectivity index (χ0) is 13.0. The third kappa shape index (κ3) is 3.05. The highest BCUT2D eigenvalue weighted by Crippen LogP contribution is 2.24. The molecule has 0 bridgehead atoms. The lowest BCUT2D eigenvalue weighted by Gasteiger charge is -2.28. The minimum absolute atomic E-state index is 0.334. The molecule has 4 nitrogen and oxygen atoms in total. The first-order valence-electron chi connectivity index (χ1n) is 6.47. The Morgan fingerprint density at radius 1 is 1.39 bits per heavy atom. The lowest BCUT2D eigenvalue weighted by Crippen LogP contribution is -2.37. The molecule has 0 radical (unpaired) electrons. The summed E-state index contributed by atoms with van der Waals surface area (Å²) in [6.45, 7) is 2.94. The molecule has 5 heteroatoms. The maximum absolute atomic E-state index is 6.08. The summed E-state index contributed by atoms with van der Waals surface area (Å²) in [7, 11) is 1.63. The van der Waals surface area contributed by atoms with Crippen LogP contribution in [0, 0.1) is 6.92 Å². The van der Waals surface area contributed by atoms with Gasteiger partial charge in [0.25, 0.3) is 0 Å². The van der Waals surface area contributed by atoms with Gasteiger partial charge in [-0.05, 0) is 19.8 Å². The second kappa shape index (κ2) is 6.23. The average molecular weight is 270 g/mol. The van der Waals surface area contributed by atoms with Gasteiger partial charge in [-0.25, -0.2) is 4.98 Å². The number of alkyl halides is 1. The van der Waals surface area contributed by atoms with Gasteiger partial charge in [-0.15, -0.1) is 11.6 Å². The van der Waals surface area contributed by atoms with E-state index in [0.717, 1.165) is 24.6 Å². The summed E-state index contributed by atoms with van der Waals surface area (Å²) in [6, 6.07) is 2.18. The van der Waals surface area contributed by atoms with E-state index >= 15 is 0 Å². The first-order chi connectivity index (χ1) is 8.74. The zero-order valence-electron chi connectivity index (χ0n) is 11.0. The number of aryl methyl sites for hydroxylation is 1. The number of rotatable bonds is 3. The van der Waals surface area contributed by atoms with E-state index in [-0.39, 0.29) is 0 Å². The molecule has 0 N–H and O–H groups in total. The van der Waals surface area contributed by atoms with Crippen molar-refractivity contribution in [2.75, 3.05) is 24.4 Å². The van der Waals surface area contributed by atoms with E-state index in [9.17, 15) is 0 Å². The van der Waals surface area contributed by atoms with Crippen molar-refractivity contribution in [3.8, 4) is 5.88 Å². The highest BCUT2D eigenvalue weighted by atomic mass is 35.5. The first-order valence-corrected chi connectivity index (χ1v) is 7.00. The van der Waals surface area contributed by atoms with Crippen LogP contribution in [0.5, 0.6) is 5.88 Å². The van der Waals surface area contributed by atoms with E-state index in [4.69, 9.17) is 16.3 Å². The molecule has 1 fully saturated rings. The number of anilines is 1. The molecular formula is C13H20ClN3O. The summed E-state index contributed by atoms with van der Waals surface area (Å²) in [5.74, 6) is 1.99. The van der Waals surface area contributed by atoms with E-state index in [0.29, 0.717) is 17.8 Å². The van der Waals surface area contributed by atoms with Gasteiger partial charge in [0, 0.05) is 30.2 Å². The minimum Gasteiger partial charge on any atom is -0.481 e. The summed E-state index contributed by atoms with van der Waals surface area (Å²) in [4.78, 5) is 11.2. The van der Waals surface area contributed by atoms with Crippen molar-refractivity contribution in [3.05, 3.63) is 11.8 Å². The Labute approximate surface area is 113 Å². The zero-order valence-corrected chi connectivity index (χ0v) is 11.8. The summed E-state index contributed by atoms with van der Waals surface area (Å²) >= 11 is 6.08. The molecule has 1 saturated heterocycles. The van der Waals surface area contributed by atoms with Crippen LogP contribution >= 0.6 is 11.6 Å². The lowest BCUT2D eigenvalue weighted by atomic mass is 10.1. The van der Waals surface area contributed by atoms with E-state index in [2.05, 4.69) is 14.9 Å². The number of ether oxygens (including phenoxy) is 1. The van der Waals surface area contributed by atoms with Gasteiger partial charge in [0.1, 0.15) is 0 Å². The molecule has 2 rings (SSSR count). The lowest BCUT2D eigenvalue weighted by molar-refractivity contribution is 0.395. The van der Waals surface area contributed by atoms with Crippen LogP contribution in [0.25, 0.3) is 0 Å². The standard InChI is InChI=1S/C13H20ClN3O/c1-10-8-12(18-2)16-13(15-10)17-7-5-3-4-6-11(17)9-14/h8,11H,3-7,9H2,1-2H3. The van der Waals surface area contributed by atoms with Crippen molar-refractivity contribution in [3.63, 3.8) is 0 Å². The predicted molar refractivity (Wildman–Crippen MR) is 73.6 cm³/mol. The molecule has 1 aliphatic heterocycles. The molecule has 0 aliphatic carbocycles. The van der Waals surface area contributed by atoms with Crippen LogP contribution in [0.4, 0.5) is 5.95 Å². The minimum atomic E-state index is 0.334. The van der Waals surface area contributed by atoms with E-state index in [1.165, 1.54) is 19.3 Å². The van der Waals surface area contributed by atoms with Crippen LogP contribution in [-0.2, 0) is 0 Å². The Morgan fingerprint density at radius 2 is 2.22 bits per heavy atom. The molecule has 0 amide bonds. The quantitative estimate of drug-likeness (QED) is 0.791. The fourth-order valence-corrected chi connectivity index (χ4v) is 2.68. The van der Waals surface area contributed by atoms with Crippen molar-refractivity contribution in [1.82, 2.24) is 9.97 Å². The van der Waals surface area contributed by atoms with E-state index < -0.39 is 0 Å². The van der Waals surface area contributed by atoms with Gasteiger partial charge in [0.2, 0.25) is 11.8 Å². The third-order valence-electron chi connectivity index (χ3n) is 3.34. The van der Waals surface area contributed by atoms with E-state index in [1.807, 2.05) is 13.0 Å². The molecular weight excluding hydrogens is 250 g/mol. The second-order valence-corrected chi connectivity index (χ2v) is 5.01. The third-order valence-corrected chi connectivity index (χ3v) is 3.70. The van der Waals surface area contributed by atoms with Crippen LogP contribution in [-0.4, -0.2) is 35.5 Å². The molecule has 1 aromatic rings. The van der Waals surface area contributed by atoms with Gasteiger partial charge < -0.3 is 9.64 Å². The Bertz CT molecular complexity index is 400. The van der Waals surface area contributed by atoms with Crippen molar-refractivity contribution >= 4 is 17.5 Å². The second-order valence-electron chi connectivity index (χ2n) is 4.70. The number of hydrogen-bond acceptors (Lipinski definition) is 4. The molecule has 1 aromatic heterocycles. The number of halogens is 1. The summed E-state index contributed by atoms with van der Waals surface area (Å²) in [6.07, 6.45) is 4.78. The Hall–Kier alpha value is -1.03. The van der Waals surface area contributed by atoms with Gasteiger partial charge in [-0.2, -0.15) is 4.98 Å². The molecule has 0 aromatic carbocycles. The number of nitrogens with zero attached hydrogens (tertiary/aromatic N) is 3. The van der Waals surface area contributed by atoms with Gasteiger partial charge in [-0.3, -0.25) is 0 Å². The highest BCUT2D eigenvalue weighted by molar-refractivity contribution is 6.18. The van der Waals surface area contributed by atoms with Crippen LogP contribution in [0.15, 0.2) is 6.07 Å². The van der Waals surface area contributed by atoms with Crippen molar-refractivity contribution in [2.45, 2.75) is 38.6 Å².